The summed E-state index contributed by atoms with van der Waals surface area (Å²) < 4.78 is 7.51. The van der Waals surface area contributed by atoms with Gasteiger partial charge in [0.1, 0.15) is 5.75 Å². The van der Waals surface area contributed by atoms with E-state index in [0.717, 1.165) is 11.1 Å². The predicted octanol–water partition coefficient (Wildman–Crippen LogP) is 4.30. The number of amides is 1. The van der Waals surface area contributed by atoms with Crippen LogP contribution in [0.5, 0.6) is 5.75 Å². The lowest BCUT2D eigenvalue weighted by molar-refractivity contribution is -0.122. The summed E-state index contributed by atoms with van der Waals surface area (Å²) in [7, 11) is 0. The number of halogens is 1. The number of carbonyl (C=O) groups is 1. The molecule has 0 aliphatic heterocycles. The van der Waals surface area contributed by atoms with Crippen molar-refractivity contribution in [3.63, 3.8) is 0 Å². The molecule has 6 heteroatoms. The first kappa shape index (κ1) is 18.0. The molecule has 5 nitrogen and oxygen atoms in total. The van der Waals surface area contributed by atoms with Crippen LogP contribution in [0, 0.1) is 6.92 Å². The molecular weight excluding hydrogens is 350 g/mol. The van der Waals surface area contributed by atoms with E-state index in [4.69, 9.17) is 16.3 Å². The quantitative estimate of drug-likeness (QED) is 0.704. The summed E-state index contributed by atoms with van der Waals surface area (Å²) in [6.45, 7) is 4.23. The molecular formula is C20H20ClN3O2. The van der Waals surface area contributed by atoms with Crippen LogP contribution >= 0.6 is 11.6 Å². The van der Waals surface area contributed by atoms with Crippen LogP contribution in [-0.4, -0.2) is 21.8 Å². The SMILES string of the molecule is Cc1cc(Cl)ccc1OC(C)C(=O)Nc1ccn(Cc2ccccc2)n1. The highest BCUT2D eigenvalue weighted by Crippen LogP contribution is 2.23. The number of anilines is 1. The van der Waals surface area contributed by atoms with Crippen LogP contribution in [0.2, 0.25) is 5.02 Å². The molecule has 1 N–H and O–H groups in total. The van der Waals surface area contributed by atoms with Crippen LogP contribution in [0.25, 0.3) is 0 Å². The summed E-state index contributed by atoms with van der Waals surface area (Å²) in [5.41, 5.74) is 2.02. The van der Waals surface area contributed by atoms with Crippen molar-refractivity contribution in [2.75, 3.05) is 5.32 Å². The maximum Gasteiger partial charge on any atom is 0.266 e. The fraction of sp³-hybridized carbons (Fsp3) is 0.200. The zero-order valence-corrected chi connectivity index (χ0v) is 15.4. The summed E-state index contributed by atoms with van der Waals surface area (Å²) >= 11 is 5.94. The van der Waals surface area contributed by atoms with Crippen molar-refractivity contribution in [2.24, 2.45) is 0 Å². The first-order chi connectivity index (χ1) is 12.5. The van der Waals surface area contributed by atoms with E-state index in [1.165, 1.54) is 0 Å². The van der Waals surface area contributed by atoms with Gasteiger partial charge in [-0.05, 0) is 43.2 Å². The number of carbonyl (C=O) groups excluding carboxylic acids is 1. The first-order valence-electron chi connectivity index (χ1n) is 8.32. The summed E-state index contributed by atoms with van der Waals surface area (Å²) in [6.07, 6.45) is 1.17. The van der Waals surface area contributed by atoms with Gasteiger partial charge in [-0.1, -0.05) is 41.9 Å². The maximum atomic E-state index is 12.4. The van der Waals surface area contributed by atoms with E-state index in [9.17, 15) is 4.79 Å². The molecule has 0 bridgehead atoms. The predicted molar refractivity (Wildman–Crippen MR) is 103 cm³/mol. The number of aryl methyl sites for hydroxylation is 1. The van der Waals surface area contributed by atoms with Crippen molar-refractivity contribution in [3.05, 3.63) is 76.9 Å². The summed E-state index contributed by atoms with van der Waals surface area (Å²) in [5, 5.41) is 7.79. The Kier molecular flexibility index (Phi) is 5.58. The summed E-state index contributed by atoms with van der Waals surface area (Å²) in [4.78, 5) is 12.4. The van der Waals surface area contributed by atoms with Crippen LogP contribution in [-0.2, 0) is 11.3 Å². The molecule has 0 radical (unpaired) electrons. The van der Waals surface area contributed by atoms with Crippen molar-refractivity contribution in [1.29, 1.82) is 0 Å². The molecule has 3 rings (SSSR count). The molecule has 0 aliphatic rings. The number of hydrogen-bond acceptors (Lipinski definition) is 3. The van der Waals surface area contributed by atoms with Gasteiger partial charge in [-0.2, -0.15) is 5.10 Å². The van der Waals surface area contributed by atoms with Crippen molar-refractivity contribution >= 4 is 23.3 Å². The topological polar surface area (TPSA) is 56.1 Å². The van der Waals surface area contributed by atoms with Gasteiger partial charge in [0.05, 0.1) is 6.54 Å². The molecule has 3 aromatic rings. The summed E-state index contributed by atoms with van der Waals surface area (Å²) in [6, 6.07) is 17.1. The van der Waals surface area contributed by atoms with Crippen molar-refractivity contribution in [2.45, 2.75) is 26.5 Å². The maximum absolute atomic E-state index is 12.4. The smallest absolute Gasteiger partial charge is 0.266 e. The molecule has 0 spiro atoms. The van der Waals surface area contributed by atoms with Crippen LogP contribution in [0.3, 0.4) is 0 Å². The first-order valence-corrected chi connectivity index (χ1v) is 8.70. The van der Waals surface area contributed by atoms with E-state index in [0.29, 0.717) is 23.1 Å². The average Bonchev–Trinajstić information content (AvgIpc) is 3.05. The molecule has 1 aromatic heterocycles. The Labute approximate surface area is 157 Å². The van der Waals surface area contributed by atoms with E-state index in [2.05, 4.69) is 10.4 Å². The minimum absolute atomic E-state index is 0.260. The Hall–Kier alpha value is -2.79. The molecule has 1 heterocycles. The van der Waals surface area contributed by atoms with Gasteiger partial charge in [0.25, 0.3) is 5.91 Å². The van der Waals surface area contributed by atoms with Gasteiger partial charge in [0.2, 0.25) is 0 Å². The van der Waals surface area contributed by atoms with Gasteiger partial charge >= 0.3 is 0 Å². The van der Waals surface area contributed by atoms with Gasteiger partial charge in [-0.15, -0.1) is 0 Å². The molecule has 26 heavy (non-hydrogen) atoms. The lowest BCUT2D eigenvalue weighted by Crippen LogP contribution is -2.30. The Balaban J connectivity index is 1.59. The summed E-state index contributed by atoms with van der Waals surface area (Å²) in [5.74, 6) is 0.866. The van der Waals surface area contributed by atoms with E-state index in [1.54, 1.807) is 35.9 Å². The molecule has 2 aromatic carbocycles. The number of benzene rings is 2. The second-order valence-electron chi connectivity index (χ2n) is 6.04. The molecule has 1 unspecified atom stereocenters. The third kappa shape index (κ3) is 4.64. The lowest BCUT2D eigenvalue weighted by atomic mass is 10.2. The van der Waals surface area contributed by atoms with Gasteiger partial charge < -0.3 is 10.1 Å². The minimum Gasteiger partial charge on any atom is -0.481 e. The average molecular weight is 370 g/mol. The third-order valence-corrected chi connectivity index (χ3v) is 4.12. The minimum atomic E-state index is -0.658. The van der Waals surface area contributed by atoms with Crippen LogP contribution in [0.4, 0.5) is 5.82 Å². The molecule has 134 valence electrons. The largest absolute Gasteiger partial charge is 0.481 e. The zero-order valence-electron chi connectivity index (χ0n) is 14.6. The molecule has 0 fully saturated rings. The normalized spacial score (nSPS) is 11.8. The van der Waals surface area contributed by atoms with Gasteiger partial charge in [-0.25, -0.2) is 0 Å². The standard InChI is InChI=1S/C20H20ClN3O2/c1-14-12-17(21)8-9-18(14)26-15(2)20(25)22-19-10-11-24(23-19)13-16-6-4-3-5-7-16/h3-12,15H,13H2,1-2H3,(H,22,23,25). The fourth-order valence-electron chi connectivity index (χ4n) is 2.50. The lowest BCUT2D eigenvalue weighted by Gasteiger charge is -2.15. The second kappa shape index (κ2) is 8.06. The van der Waals surface area contributed by atoms with Crippen LogP contribution in [0.15, 0.2) is 60.8 Å². The number of aromatic nitrogens is 2. The van der Waals surface area contributed by atoms with E-state index in [-0.39, 0.29) is 5.91 Å². The zero-order chi connectivity index (χ0) is 18.5. The molecule has 1 atom stereocenters. The van der Waals surface area contributed by atoms with Crippen LogP contribution < -0.4 is 10.1 Å². The van der Waals surface area contributed by atoms with Gasteiger partial charge in [0.15, 0.2) is 11.9 Å². The molecule has 0 saturated heterocycles. The van der Waals surface area contributed by atoms with Crippen molar-refractivity contribution in [1.82, 2.24) is 9.78 Å². The highest BCUT2D eigenvalue weighted by atomic mass is 35.5. The van der Waals surface area contributed by atoms with Gasteiger partial charge in [0, 0.05) is 17.3 Å². The number of hydrogen-bond donors (Lipinski definition) is 1. The monoisotopic (exact) mass is 369 g/mol. The molecule has 0 aliphatic carbocycles. The third-order valence-electron chi connectivity index (χ3n) is 3.89. The number of ether oxygens (including phenoxy) is 1. The van der Waals surface area contributed by atoms with E-state index >= 15 is 0 Å². The second-order valence-corrected chi connectivity index (χ2v) is 6.48. The Bertz CT molecular complexity index is 893. The van der Waals surface area contributed by atoms with Crippen molar-refractivity contribution < 1.29 is 9.53 Å². The number of rotatable bonds is 6. The molecule has 0 saturated carbocycles. The highest BCUT2D eigenvalue weighted by Gasteiger charge is 2.17. The Morgan fingerprint density at radius 3 is 2.73 bits per heavy atom. The highest BCUT2D eigenvalue weighted by molar-refractivity contribution is 6.30. The van der Waals surface area contributed by atoms with Gasteiger partial charge in [-0.3, -0.25) is 9.48 Å². The number of nitrogens with one attached hydrogen (secondary N) is 1. The van der Waals surface area contributed by atoms with Crippen LogP contribution in [0.1, 0.15) is 18.1 Å². The number of nitrogens with zero attached hydrogens (tertiary/aromatic N) is 2. The Morgan fingerprint density at radius 1 is 1.23 bits per heavy atom. The fourth-order valence-corrected chi connectivity index (χ4v) is 2.73. The van der Waals surface area contributed by atoms with E-state index < -0.39 is 6.10 Å². The van der Waals surface area contributed by atoms with Crippen molar-refractivity contribution in [3.8, 4) is 5.75 Å². The van der Waals surface area contributed by atoms with E-state index in [1.807, 2.05) is 43.5 Å². The molecule has 1 amide bonds. The Morgan fingerprint density at radius 2 is 2.00 bits per heavy atom.